The normalized spacial score (nSPS) is 12.2. The van der Waals surface area contributed by atoms with Crippen LogP contribution in [-0.2, 0) is 11.2 Å². The van der Waals surface area contributed by atoms with Crippen LogP contribution in [0.5, 0.6) is 5.75 Å². The standard InChI is InChI=1S/C16H19BN2O6/c1-2-3-8-18-9-7-14(20)19-13(17(24)25)10-11-5-4-6-12(15(11)21)16(22)23/h2-6,8-9,13,21,24-25H,1,7,10H2,(H,19,20)(H,22,23)/b8-3-,18-9?. The third kappa shape index (κ3) is 6.62. The first-order chi connectivity index (χ1) is 11.9. The van der Waals surface area contributed by atoms with E-state index >= 15 is 0 Å². The van der Waals surface area contributed by atoms with Crippen molar-refractivity contribution in [3.8, 4) is 5.75 Å². The van der Waals surface area contributed by atoms with E-state index in [9.17, 15) is 24.7 Å². The molecule has 5 N–H and O–H groups in total. The molecular formula is C16H19BN2O6. The van der Waals surface area contributed by atoms with Crippen LogP contribution < -0.4 is 5.32 Å². The molecule has 0 aromatic heterocycles. The Hall–Kier alpha value is -2.91. The zero-order valence-electron chi connectivity index (χ0n) is 13.4. The van der Waals surface area contributed by atoms with Gasteiger partial charge in [-0.2, -0.15) is 0 Å². The number of hydrogen-bond donors (Lipinski definition) is 5. The molecule has 9 heteroatoms. The van der Waals surface area contributed by atoms with Crippen LogP contribution >= 0.6 is 0 Å². The smallest absolute Gasteiger partial charge is 0.475 e. The van der Waals surface area contributed by atoms with Crippen LogP contribution in [0.2, 0.25) is 0 Å². The molecular weight excluding hydrogens is 327 g/mol. The Kier molecular flexibility index (Phi) is 8.11. The molecule has 132 valence electrons. The number of aromatic carboxylic acids is 1. The van der Waals surface area contributed by atoms with Gasteiger partial charge in [-0.25, -0.2) is 4.79 Å². The molecule has 1 unspecified atom stereocenters. The highest BCUT2D eigenvalue weighted by atomic mass is 16.4. The molecule has 0 spiro atoms. The number of phenols is 1. The lowest BCUT2D eigenvalue weighted by Gasteiger charge is -2.18. The SMILES string of the molecule is C=C/C=C\N=CCC(=O)NC(Cc1cccc(C(=O)O)c1O)B(O)O. The van der Waals surface area contributed by atoms with Crippen LogP contribution in [0, 0.1) is 0 Å². The van der Waals surface area contributed by atoms with E-state index in [1.54, 1.807) is 6.08 Å². The van der Waals surface area contributed by atoms with Crippen LogP contribution in [0.1, 0.15) is 22.3 Å². The van der Waals surface area contributed by atoms with E-state index in [1.807, 2.05) is 0 Å². The van der Waals surface area contributed by atoms with Crippen molar-refractivity contribution < 1.29 is 29.9 Å². The number of nitrogens with one attached hydrogen (secondary N) is 1. The molecule has 0 heterocycles. The predicted molar refractivity (Wildman–Crippen MR) is 93.3 cm³/mol. The van der Waals surface area contributed by atoms with E-state index in [2.05, 4.69) is 16.9 Å². The molecule has 0 saturated carbocycles. The third-order valence-electron chi connectivity index (χ3n) is 3.19. The summed E-state index contributed by atoms with van der Waals surface area (Å²) in [6.07, 6.45) is 5.61. The van der Waals surface area contributed by atoms with Gasteiger partial charge in [0, 0.05) is 12.4 Å². The van der Waals surface area contributed by atoms with Gasteiger partial charge in [0.05, 0.1) is 12.4 Å². The number of benzene rings is 1. The van der Waals surface area contributed by atoms with Crippen LogP contribution in [0.4, 0.5) is 0 Å². The fourth-order valence-corrected chi connectivity index (χ4v) is 1.97. The predicted octanol–water partition coefficient (Wildman–Crippen LogP) is 0.290. The van der Waals surface area contributed by atoms with Gasteiger partial charge in [0.15, 0.2) is 0 Å². The molecule has 1 rings (SSSR count). The number of rotatable bonds is 9. The second-order valence-electron chi connectivity index (χ2n) is 5.02. The van der Waals surface area contributed by atoms with Gasteiger partial charge in [-0.15, -0.1) is 0 Å². The molecule has 1 aromatic rings. The molecule has 0 bridgehead atoms. The van der Waals surface area contributed by atoms with Gasteiger partial charge >= 0.3 is 13.1 Å². The zero-order chi connectivity index (χ0) is 18.8. The topological polar surface area (TPSA) is 139 Å². The van der Waals surface area contributed by atoms with Crippen molar-refractivity contribution >= 4 is 25.2 Å². The van der Waals surface area contributed by atoms with Gasteiger partial charge in [-0.05, 0) is 24.1 Å². The first-order valence-electron chi connectivity index (χ1n) is 7.35. The summed E-state index contributed by atoms with van der Waals surface area (Å²) >= 11 is 0. The number of allylic oxidation sites excluding steroid dienone is 2. The van der Waals surface area contributed by atoms with Gasteiger partial charge in [-0.3, -0.25) is 9.79 Å². The Morgan fingerprint density at radius 2 is 2.08 bits per heavy atom. The number of carboxylic acids is 1. The van der Waals surface area contributed by atoms with E-state index in [1.165, 1.54) is 36.7 Å². The number of para-hydroxylation sites is 1. The van der Waals surface area contributed by atoms with E-state index in [0.29, 0.717) is 0 Å². The minimum Gasteiger partial charge on any atom is -0.507 e. The lowest BCUT2D eigenvalue weighted by molar-refractivity contribution is -0.120. The molecule has 8 nitrogen and oxygen atoms in total. The molecule has 0 saturated heterocycles. The minimum absolute atomic E-state index is 0.0914. The number of amides is 1. The quantitative estimate of drug-likeness (QED) is 0.247. The Morgan fingerprint density at radius 3 is 2.68 bits per heavy atom. The van der Waals surface area contributed by atoms with Crippen molar-refractivity contribution in [2.45, 2.75) is 18.8 Å². The molecule has 1 atom stereocenters. The van der Waals surface area contributed by atoms with E-state index in [-0.39, 0.29) is 24.0 Å². The Morgan fingerprint density at radius 1 is 1.36 bits per heavy atom. The second-order valence-corrected chi connectivity index (χ2v) is 5.02. The number of hydrogen-bond acceptors (Lipinski definition) is 6. The zero-order valence-corrected chi connectivity index (χ0v) is 13.4. The van der Waals surface area contributed by atoms with Gasteiger partial charge in [0.2, 0.25) is 5.91 Å². The Labute approximate surface area is 145 Å². The van der Waals surface area contributed by atoms with Crippen LogP contribution in [0.3, 0.4) is 0 Å². The van der Waals surface area contributed by atoms with Crippen LogP contribution in [0.25, 0.3) is 0 Å². The molecule has 0 aliphatic heterocycles. The van der Waals surface area contributed by atoms with Crippen molar-refractivity contribution in [3.63, 3.8) is 0 Å². The maximum atomic E-state index is 11.8. The van der Waals surface area contributed by atoms with Gasteiger partial charge in [0.25, 0.3) is 0 Å². The fraction of sp³-hybridized carbons (Fsp3) is 0.188. The largest absolute Gasteiger partial charge is 0.507 e. The number of carbonyl (C=O) groups excluding carboxylic acids is 1. The maximum absolute atomic E-state index is 11.8. The summed E-state index contributed by atoms with van der Waals surface area (Å²) in [7, 11) is -1.89. The number of carbonyl (C=O) groups is 2. The summed E-state index contributed by atoms with van der Waals surface area (Å²) in [5.41, 5.74) is -0.142. The van der Waals surface area contributed by atoms with E-state index in [4.69, 9.17) is 5.11 Å². The summed E-state index contributed by atoms with van der Waals surface area (Å²) in [5, 5.41) is 40.2. The highest BCUT2D eigenvalue weighted by molar-refractivity contribution is 6.43. The first-order valence-corrected chi connectivity index (χ1v) is 7.35. The molecule has 0 fully saturated rings. The van der Waals surface area contributed by atoms with Crippen molar-refractivity contribution in [1.82, 2.24) is 5.32 Å². The molecule has 25 heavy (non-hydrogen) atoms. The van der Waals surface area contributed by atoms with Gasteiger partial charge in [0.1, 0.15) is 11.3 Å². The fourth-order valence-electron chi connectivity index (χ4n) is 1.97. The summed E-state index contributed by atoms with van der Waals surface area (Å²) in [6.45, 7) is 3.46. The van der Waals surface area contributed by atoms with Crippen molar-refractivity contribution in [3.05, 3.63) is 54.3 Å². The molecule has 0 aliphatic carbocycles. The van der Waals surface area contributed by atoms with Gasteiger partial charge < -0.3 is 25.6 Å². The van der Waals surface area contributed by atoms with Crippen molar-refractivity contribution in [1.29, 1.82) is 0 Å². The average molecular weight is 346 g/mol. The molecule has 0 aliphatic rings. The maximum Gasteiger partial charge on any atom is 0.475 e. The van der Waals surface area contributed by atoms with E-state index in [0.717, 1.165) is 0 Å². The number of carboxylic acid groups (broad SMARTS) is 1. The summed E-state index contributed by atoms with van der Waals surface area (Å²) in [4.78, 5) is 26.6. The number of aromatic hydroxyl groups is 1. The molecule has 1 aromatic carbocycles. The van der Waals surface area contributed by atoms with Crippen LogP contribution in [-0.4, -0.2) is 51.4 Å². The average Bonchev–Trinajstić information content (AvgIpc) is 2.55. The van der Waals surface area contributed by atoms with Crippen LogP contribution in [0.15, 0.2) is 48.1 Å². The first kappa shape index (κ1) is 20.1. The monoisotopic (exact) mass is 346 g/mol. The summed E-state index contributed by atoms with van der Waals surface area (Å²) in [6, 6.07) is 4.07. The number of nitrogens with zero attached hydrogens (tertiary/aromatic N) is 1. The third-order valence-corrected chi connectivity index (χ3v) is 3.19. The van der Waals surface area contributed by atoms with Crippen molar-refractivity contribution in [2.75, 3.05) is 0 Å². The second kappa shape index (κ2) is 10.1. The van der Waals surface area contributed by atoms with Crippen molar-refractivity contribution in [2.24, 2.45) is 4.99 Å². The Balaban J connectivity index is 2.78. The Bertz CT molecular complexity index is 687. The summed E-state index contributed by atoms with van der Waals surface area (Å²) < 4.78 is 0. The minimum atomic E-state index is -1.89. The lowest BCUT2D eigenvalue weighted by Crippen LogP contribution is -2.48. The number of aliphatic imine (C=N–C) groups is 1. The van der Waals surface area contributed by atoms with Gasteiger partial charge in [-0.1, -0.05) is 24.8 Å². The molecule has 0 radical (unpaired) electrons. The highest BCUT2D eigenvalue weighted by Crippen LogP contribution is 2.23. The highest BCUT2D eigenvalue weighted by Gasteiger charge is 2.27. The molecule has 1 amide bonds. The van der Waals surface area contributed by atoms with E-state index < -0.39 is 30.7 Å². The summed E-state index contributed by atoms with van der Waals surface area (Å²) in [5.74, 6) is -3.43. The lowest BCUT2D eigenvalue weighted by atomic mass is 9.75.